The van der Waals surface area contributed by atoms with Crippen LogP contribution in [0.25, 0.3) is 22.2 Å². The first kappa shape index (κ1) is 42.4. The Morgan fingerprint density at radius 2 is 1.76 bits per heavy atom. The molecule has 4 amide bonds. The highest BCUT2D eigenvalue weighted by molar-refractivity contribution is 7.91. The largest absolute Gasteiger partial charge is 0.497 e. The zero-order valence-corrected chi connectivity index (χ0v) is 34.8. The SMILES string of the molecule is C=C[C@H]1C[C@]1(NC(=O)[C@@H]1C[C@@H](Oc2cc(-c3ccccc3)nc3cc(OC)ccc23)CN1C(=O)[C@@H](NC(=O)OC(C)(C)C)C(C)C)C(=O)NS(=O)(=O)C1(COC)CC1. The molecule has 0 bridgehead atoms. The number of carbonyl (C=O) groups excluding carboxylic acids is 4. The van der Waals surface area contributed by atoms with E-state index in [2.05, 4.69) is 21.9 Å². The molecular weight excluding hydrogens is 767 g/mol. The Bertz CT molecular complexity index is 2190. The second-order valence-corrected chi connectivity index (χ2v) is 18.7. The third-order valence-corrected chi connectivity index (χ3v) is 13.0. The van der Waals surface area contributed by atoms with E-state index in [1.807, 2.05) is 36.4 Å². The number of amides is 4. The third kappa shape index (κ3) is 8.77. The molecule has 3 N–H and O–H groups in total. The monoisotopic (exact) mass is 819 g/mol. The first-order valence-electron chi connectivity index (χ1n) is 19.4. The summed E-state index contributed by atoms with van der Waals surface area (Å²) in [6.45, 7) is 12.3. The van der Waals surface area contributed by atoms with Crippen LogP contribution in [0, 0.1) is 11.8 Å². The maximum atomic E-state index is 14.5. The van der Waals surface area contributed by atoms with E-state index in [-0.39, 0.29) is 26.0 Å². The molecule has 2 aromatic carbocycles. The van der Waals surface area contributed by atoms with Gasteiger partial charge < -0.3 is 34.5 Å². The second-order valence-electron chi connectivity index (χ2n) is 16.7. The van der Waals surface area contributed by atoms with Crippen molar-refractivity contribution in [3.8, 4) is 22.8 Å². The minimum atomic E-state index is -4.16. The van der Waals surface area contributed by atoms with Crippen LogP contribution < -0.4 is 24.8 Å². The van der Waals surface area contributed by atoms with Gasteiger partial charge in [0.25, 0.3) is 5.91 Å². The summed E-state index contributed by atoms with van der Waals surface area (Å²) < 4.78 is 50.5. The van der Waals surface area contributed by atoms with Crippen LogP contribution in [0.4, 0.5) is 4.79 Å². The van der Waals surface area contributed by atoms with Gasteiger partial charge in [-0.2, -0.15) is 0 Å². The minimum Gasteiger partial charge on any atom is -0.497 e. The number of methoxy groups -OCH3 is 2. The lowest BCUT2D eigenvalue weighted by molar-refractivity contribution is -0.141. The zero-order chi connectivity index (χ0) is 42.2. The molecule has 0 unspecified atom stereocenters. The fourth-order valence-corrected chi connectivity index (χ4v) is 8.95. The zero-order valence-electron chi connectivity index (χ0n) is 34.0. The summed E-state index contributed by atoms with van der Waals surface area (Å²) in [5.41, 5.74) is -0.394. The second kappa shape index (κ2) is 16.2. The summed E-state index contributed by atoms with van der Waals surface area (Å²) in [7, 11) is -1.20. The van der Waals surface area contributed by atoms with E-state index in [1.54, 1.807) is 59.9 Å². The van der Waals surface area contributed by atoms with Gasteiger partial charge >= 0.3 is 6.09 Å². The molecule has 58 heavy (non-hydrogen) atoms. The Morgan fingerprint density at radius 1 is 1.05 bits per heavy atom. The van der Waals surface area contributed by atoms with Gasteiger partial charge in [0.15, 0.2) is 0 Å². The Labute approximate surface area is 339 Å². The van der Waals surface area contributed by atoms with Crippen LogP contribution in [0.3, 0.4) is 0 Å². The first-order valence-corrected chi connectivity index (χ1v) is 20.9. The number of alkyl carbamates (subject to hydrolysis) is 1. The molecule has 2 heterocycles. The summed E-state index contributed by atoms with van der Waals surface area (Å²) in [6.07, 6.45) is 0.710. The molecule has 1 aliphatic heterocycles. The smallest absolute Gasteiger partial charge is 0.408 e. The maximum absolute atomic E-state index is 14.5. The van der Waals surface area contributed by atoms with Crippen molar-refractivity contribution < 1.29 is 46.5 Å². The normalized spacial score (nSPS) is 22.8. The Kier molecular flexibility index (Phi) is 11.8. The number of sulfonamides is 1. The van der Waals surface area contributed by atoms with Crippen LogP contribution in [0.5, 0.6) is 11.5 Å². The van der Waals surface area contributed by atoms with E-state index >= 15 is 0 Å². The van der Waals surface area contributed by atoms with Crippen molar-refractivity contribution in [1.82, 2.24) is 25.2 Å². The van der Waals surface area contributed by atoms with Gasteiger partial charge in [0.2, 0.25) is 21.8 Å². The predicted octanol–water partition coefficient (Wildman–Crippen LogP) is 4.49. The number of aromatic nitrogens is 1. The van der Waals surface area contributed by atoms with Crippen LogP contribution in [0.2, 0.25) is 0 Å². The summed E-state index contributed by atoms with van der Waals surface area (Å²) in [6, 6.07) is 14.5. The summed E-state index contributed by atoms with van der Waals surface area (Å²) in [5, 5.41) is 6.17. The highest BCUT2D eigenvalue weighted by atomic mass is 32.2. The highest BCUT2D eigenvalue weighted by Crippen LogP contribution is 2.47. The molecule has 0 spiro atoms. The van der Waals surface area contributed by atoms with Gasteiger partial charge in [-0.05, 0) is 58.1 Å². The summed E-state index contributed by atoms with van der Waals surface area (Å²) in [4.78, 5) is 62.1. The van der Waals surface area contributed by atoms with Crippen molar-refractivity contribution in [2.45, 2.75) is 94.4 Å². The van der Waals surface area contributed by atoms with Gasteiger partial charge in [-0.1, -0.05) is 50.3 Å². The molecule has 1 saturated heterocycles. The van der Waals surface area contributed by atoms with Crippen molar-refractivity contribution in [1.29, 1.82) is 0 Å². The van der Waals surface area contributed by atoms with E-state index in [0.717, 1.165) is 5.56 Å². The number of hydrogen-bond acceptors (Lipinski definition) is 11. The van der Waals surface area contributed by atoms with Crippen molar-refractivity contribution in [2.75, 3.05) is 27.4 Å². The van der Waals surface area contributed by atoms with Crippen LogP contribution in [-0.2, 0) is 33.9 Å². The van der Waals surface area contributed by atoms with Gasteiger partial charge in [-0.25, -0.2) is 18.2 Å². The maximum Gasteiger partial charge on any atom is 0.408 e. The molecule has 3 aromatic rings. The number of pyridine rings is 1. The molecule has 16 heteroatoms. The number of rotatable bonds is 15. The van der Waals surface area contributed by atoms with Crippen molar-refractivity contribution in [3.05, 3.63) is 67.3 Å². The Hall–Kier alpha value is -5.22. The summed E-state index contributed by atoms with van der Waals surface area (Å²) >= 11 is 0. The van der Waals surface area contributed by atoms with E-state index in [4.69, 9.17) is 23.9 Å². The number of hydrogen-bond donors (Lipinski definition) is 3. The standard InChI is InChI=1S/C42H53N5O10S/c1-9-27-22-42(27,38(50)46-58(52,53)41(17-18-41)24-54-7)45-36(48)33-20-29(23-47(33)37(49)35(25(2)3)44-39(51)57-40(4,5)6)56-34-21-31(26-13-11-10-12-14-26)43-32-19-28(55-8)15-16-30(32)34/h9-16,19,21,25,27,29,33,35H,1,17-18,20,22-24H2,2-8H3,(H,44,51)(H,45,48)(H,46,50)/t27-,29+,33-,35-,42+/m0/s1. The van der Waals surface area contributed by atoms with E-state index in [1.165, 1.54) is 18.1 Å². The molecule has 5 atom stereocenters. The van der Waals surface area contributed by atoms with E-state index in [9.17, 15) is 27.6 Å². The van der Waals surface area contributed by atoms with Gasteiger partial charge in [0, 0.05) is 42.5 Å². The Balaban J connectivity index is 1.33. The first-order chi connectivity index (χ1) is 27.4. The average molecular weight is 820 g/mol. The fourth-order valence-electron chi connectivity index (χ4n) is 7.39. The molecule has 2 aliphatic carbocycles. The number of carbonyl (C=O) groups is 4. The van der Waals surface area contributed by atoms with Crippen LogP contribution in [0.15, 0.2) is 67.3 Å². The minimum absolute atomic E-state index is 0.00116. The molecule has 3 aliphatic rings. The number of nitrogens with zero attached hydrogens (tertiary/aromatic N) is 2. The third-order valence-electron chi connectivity index (χ3n) is 10.9. The highest BCUT2D eigenvalue weighted by Gasteiger charge is 2.63. The number of nitrogens with one attached hydrogen (secondary N) is 3. The molecule has 2 saturated carbocycles. The van der Waals surface area contributed by atoms with Gasteiger partial charge in [-0.3, -0.25) is 19.1 Å². The number of ether oxygens (including phenoxy) is 4. The molecule has 312 valence electrons. The van der Waals surface area contributed by atoms with Crippen molar-refractivity contribution in [2.24, 2.45) is 11.8 Å². The van der Waals surface area contributed by atoms with Gasteiger partial charge in [0.05, 0.1) is 31.5 Å². The summed E-state index contributed by atoms with van der Waals surface area (Å²) in [5.74, 6) is -2.09. The molecule has 3 fully saturated rings. The quantitative estimate of drug-likeness (QED) is 0.183. The van der Waals surface area contributed by atoms with Crippen molar-refractivity contribution in [3.63, 3.8) is 0 Å². The number of fused-ring (bicyclic) bond motifs is 1. The topological polar surface area (TPSA) is 192 Å². The van der Waals surface area contributed by atoms with E-state index in [0.29, 0.717) is 40.9 Å². The van der Waals surface area contributed by atoms with Crippen LogP contribution in [0.1, 0.15) is 60.3 Å². The van der Waals surface area contributed by atoms with E-state index < -0.39 is 79.7 Å². The van der Waals surface area contributed by atoms with Crippen molar-refractivity contribution >= 4 is 44.7 Å². The lowest BCUT2D eigenvalue weighted by atomic mass is 10.0. The fraction of sp³-hybridized carbons (Fsp3) is 0.500. The molecule has 6 rings (SSSR count). The molecule has 0 radical (unpaired) electrons. The van der Waals surface area contributed by atoms with Gasteiger partial charge in [0.1, 0.15) is 45.6 Å². The average Bonchev–Trinajstić information content (AvgIpc) is 4.07. The van der Waals surface area contributed by atoms with Crippen LogP contribution in [-0.4, -0.2) is 104 Å². The Morgan fingerprint density at radius 3 is 2.34 bits per heavy atom. The molecule has 15 nitrogen and oxygen atoms in total. The lowest BCUT2D eigenvalue weighted by Crippen LogP contribution is -2.59. The number of likely N-dealkylation sites (tertiary alicyclic amines) is 1. The number of benzene rings is 2. The van der Waals surface area contributed by atoms with Crippen LogP contribution >= 0.6 is 0 Å². The molecular formula is C42H53N5O10S. The molecule has 1 aromatic heterocycles. The lowest BCUT2D eigenvalue weighted by Gasteiger charge is -2.31. The van der Waals surface area contributed by atoms with Gasteiger partial charge in [-0.15, -0.1) is 6.58 Å². The predicted molar refractivity (Wildman–Crippen MR) is 216 cm³/mol.